The van der Waals surface area contributed by atoms with Crippen LogP contribution in [0.5, 0.6) is 0 Å². The molecule has 3 rings (SSSR count). The van der Waals surface area contributed by atoms with E-state index in [-0.39, 0.29) is 0 Å². The molecule has 0 aliphatic heterocycles. The molecule has 0 spiro atoms. The molecule has 0 fully saturated rings. The third-order valence-electron chi connectivity index (χ3n) is 2.98. The standard InChI is InChI=1S/C15H11ClFN3/c16-11-4-6-14(15-10(11)2-1-7-19-15)20-13-5-3-9(18)8-12(13)17/h1-8,20H,18H2. The summed E-state index contributed by atoms with van der Waals surface area (Å²) >= 11 is 6.13. The molecule has 3 nitrogen and oxygen atoms in total. The van der Waals surface area contributed by atoms with Crippen molar-refractivity contribution in [3.63, 3.8) is 0 Å². The second kappa shape index (κ2) is 4.98. The molecule has 2 aromatic carbocycles. The minimum Gasteiger partial charge on any atom is -0.399 e. The quantitative estimate of drug-likeness (QED) is 0.689. The molecule has 0 aliphatic carbocycles. The topological polar surface area (TPSA) is 50.9 Å². The summed E-state index contributed by atoms with van der Waals surface area (Å²) in [6, 6.07) is 11.7. The predicted molar refractivity (Wildman–Crippen MR) is 80.8 cm³/mol. The van der Waals surface area contributed by atoms with E-state index in [1.54, 1.807) is 30.5 Å². The smallest absolute Gasteiger partial charge is 0.148 e. The number of rotatable bonds is 2. The van der Waals surface area contributed by atoms with E-state index in [4.69, 9.17) is 17.3 Å². The zero-order chi connectivity index (χ0) is 14.1. The van der Waals surface area contributed by atoms with E-state index in [1.807, 2.05) is 12.1 Å². The number of halogens is 2. The lowest BCUT2D eigenvalue weighted by molar-refractivity contribution is 0.632. The molecular formula is C15H11ClFN3. The Bertz CT molecular complexity index is 789. The van der Waals surface area contributed by atoms with Crippen LogP contribution in [-0.4, -0.2) is 4.98 Å². The van der Waals surface area contributed by atoms with Crippen molar-refractivity contribution in [2.24, 2.45) is 0 Å². The number of hydrogen-bond donors (Lipinski definition) is 2. The molecule has 20 heavy (non-hydrogen) atoms. The van der Waals surface area contributed by atoms with E-state index in [2.05, 4.69) is 10.3 Å². The van der Waals surface area contributed by atoms with Crippen LogP contribution in [0.15, 0.2) is 48.7 Å². The Morgan fingerprint density at radius 3 is 2.70 bits per heavy atom. The first-order valence-electron chi connectivity index (χ1n) is 6.00. The number of pyridine rings is 1. The summed E-state index contributed by atoms with van der Waals surface area (Å²) in [6.45, 7) is 0. The van der Waals surface area contributed by atoms with E-state index in [1.165, 1.54) is 6.07 Å². The van der Waals surface area contributed by atoms with Crippen LogP contribution in [0.3, 0.4) is 0 Å². The number of aromatic nitrogens is 1. The number of hydrogen-bond acceptors (Lipinski definition) is 3. The van der Waals surface area contributed by atoms with Crippen LogP contribution in [0.2, 0.25) is 5.02 Å². The lowest BCUT2D eigenvalue weighted by atomic mass is 10.1. The van der Waals surface area contributed by atoms with Gasteiger partial charge >= 0.3 is 0 Å². The van der Waals surface area contributed by atoms with Gasteiger partial charge in [0.2, 0.25) is 0 Å². The third kappa shape index (κ3) is 2.26. The number of nitrogens with two attached hydrogens (primary N) is 1. The van der Waals surface area contributed by atoms with Crippen molar-refractivity contribution in [1.82, 2.24) is 4.98 Å². The predicted octanol–water partition coefficient (Wildman–Crippen LogP) is 4.35. The molecule has 100 valence electrons. The number of benzene rings is 2. The monoisotopic (exact) mass is 287 g/mol. The second-order valence-corrected chi connectivity index (χ2v) is 4.77. The zero-order valence-corrected chi connectivity index (χ0v) is 11.2. The van der Waals surface area contributed by atoms with Gasteiger partial charge in [-0.05, 0) is 42.5 Å². The summed E-state index contributed by atoms with van der Waals surface area (Å²) in [7, 11) is 0. The fourth-order valence-electron chi connectivity index (χ4n) is 2.02. The van der Waals surface area contributed by atoms with Crippen LogP contribution in [0.4, 0.5) is 21.5 Å². The average Bonchev–Trinajstić information content (AvgIpc) is 2.45. The van der Waals surface area contributed by atoms with Crippen LogP contribution < -0.4 is 11.1 Å². The molecule has 3 N–H and O–H groups in total. The largest absolute Gasteiger partial charge is 0.399 e. The highest BCUT2D eigenvalue weighted by Gasteiger charge is 2.08. The Morgan fingerprint density at radius 1 is 1.10 bits per heavy atom. The van der Waals surface area contributed by atoms with Crippen LogP contribution in [-0.2, 0) is 0 Å². The lowest BCUT2D eigenvalue weighted by Crippen LogP contribution is -1.97. The van der Waals surface area contributed by atoms with Gasteiger partial charge in [-0.2, -0.15) is 0 Å². The van der Waals surface area contributed by atoms with Gasteiger partial charge in [-0.1, -0.05) is 11.6 Å². The maximum Gasteiger partial charge on any atom is 0.148 e. The maximum absolute atomic E-state index is 13.8. The van der Waals surface area contributed by atoms with Gasteiger partial charge in [-0.3, -0.25) is 4.98 Å². The molecule has 3 aromatic rings. The number of nitrogen functional groups attached to an aromatic ring is 1. The number of fused-ring (bicyclic) bond motifs is 1. The molecule has 0 bridgehead atoms. The summed E-state index contributed by atoms with van der Waals surface area (Å²) in [6.07, 6.45) is 1.67. The lowest BCUT2D eigenvalue weighted by Gasteiger charge is -2.11. The average molecular weight is 288 g/mol. The molecule has 5 heteroatoms. The van der Waals surface area contributed by atoms with E-state index in [0.717, 1.165) is 5.39 Å². The maximum atomic E-state index is 13.8. The van der Waals surface area contributed by atoms with Crippen LogP contribution in [0.25, 0.3) is 10.9 Å². The molecule has 0 amide bonds. The minimum absolute atomic E-state index is 0.341. The number of nitrogens with one attached hydrogen (secondary N) is 1. The van der Waals surface area contributed by atoms with Crippen molar-refractivity contribution < 1.29 is 4.39 Å². The molecule has 0 saturated heterocycles. The van der Waals surface area contributed by atoms with Gasteiger partial charge in [0.1, 0.15) is 5.82 Å². The first kappa shape index (κ1) is 12.7. The van der Waals surface area contributed by atoms with Gasteiger partial charge in [0, 0.05) is 17.3 Å². The van der Waals surface area contributed by atoms with Crippen molar-refractivity contribution >= 4 is 39.6 Å². The normalized spacial score (nSPS) is 10.7. The van der Waals surface area contributed by atoms with Crippen molar-refractivity contribution in [1.29, 1.82) is 0 Å². The van der Waals surface area contributed by atoms with E-state index >= 15 is 0 Å². The number of anilines is 3. The Morgan fingerprint density at radius 2 is 1.90 bits per heavy atom. The van der Waals surface area contributed by atoms with Crippen LogP contribution >= 0.6 is 11.6 Å². The molecule has 0 saturated carbocycles. The first-order chi connectivity index (χ1) is 9.65. The summed E-state index contributed by atoms with van der Waals surface area (Å²) in [5.41, 5.74) is 7.64. The summed E-state index contributed by atoms with van der Waals surface area (Å²) < 4.78 is 13.8. The molecule has 0 atom stereocenters. The van der Waals surface area contributed by atoms with Crippen molar-refractivity contribution in [2.45, 2.75) is 0 Å². The van der Waals surface area contributed by atoms with E-state index in [9.17, 15) is 4.39 Å². The van der Waals surface area contributed by atoms with Crippen molar-refractivity contribution in [3.05, 3.63) is 59.5 Å². The second-order valence-electron chi connectivity index (χ2n) is 4.36. The third-order valence-corrected chi connectivity index (χ3v) is 3.31. The van der Waals surface area contributed by atoms with E-state index in [0.29, 0.717) is 27.6 Å². The Balaban J connectivity index is 2.09. The van der Waals surface area contributed by atoms with Crippen molar-refractivity contribution in [2.75, 3.05) is 11.1 Å². The molecule has 1 heterocycles. The summed E-state index contributed by atoms with van der Waals surface area (Å²) in [4.78, 5) is 4.29. The zero-order valence-electron chi connectivity index (χ0n) is 10.4. The molecule has 0 radical (unpaired) electrons. The SMILES string of the molecule is Nc1ccc(Nc2ccc(Cl)c3cccnc23)c(F)c1. The highest BCUT2D eigenvalue weighted by atomic mass is 35.5. The Labute approximate surface area is 120 Å². The van der Waals surface area contributed by atoms with Crippen LogP contribution in [0.1, 0.15) is 0 Å². The minimum atomic E-state index is -0.413. The Kier molecular flexibility index (Phi) is 3.16. The molecular weight excluding hydrogens is 277 g/mol. The highest BCUT2D eigenvalue weighted by molar-refractivity contribution is 6.35. The molecule has 0 unspecified atom stereocenters. The van der Waals surface area contributed by atoms with Gasteiger partial charge in [0.15, 0.2) is 0 Å². The molecule has 0 aliphatic rings. The van der Waals surface area contributed by atoms with Gasteiger partial charge < -0.3 is 11.1 Å². The van der Waals surface area contributed by atoms with Crippen LogP contribution in [0, 0.1) is 5.82 Å². The first-order valence-corrected chi connectivity index (χ1v) is 6.38. The Hall–Kier alpha value is -2.33. The highest BCUT2D eigenvalue weighted by Crippen LogP contribution is 2.31. The van der Waals surface area contributed by atoms with Gasteiger partial charge in [0.25, 0.3) is 0 Å². The summed E-state index contributed by atoms with van der Waals surface area (Å²) in [5, 5.41) is 4.44. The van der Waals surface area contributed by atoms with Gasteiger partial charge in [0.05, 0.1) is 21.9 Å². The van der Waals surface area contributed by atoms with E-state index < -0.39 is 5.82 Å². The van der Waals surface area contributed by atoms with Crippen molar-refractivity contribution in [3.8, 4) is 0 Å². The number of nitrogens with zero attached hydrogens (tertiary/aromatic N) is 1. The van der Waals surface area contributed by atoms with Gasteiger partial charge in [-0.25, -0.2) is 4.39 Å². The van der Waals surface area contributed by atoms with Gasteiger partial charge in [-0.15, -0.1) is 0 Å². The summed E-state index contributed by atoms with van der Waals surface area (Å²) in [5.74, 6) is -0.413. The fraction of sp³-hybridized carbons (Fsp3) is 0. The fourth-order valence-corrected chi connectivity index (χ4v) is 2.23. The molecule has 1 aromatic heterocycles.